The molecule has 0 heterocycles. The lowest BCUT2D eigenvalue weighted by atomic mass is 10.1. The number of nitro benzene ring substituents is 1. The van der Waals surface area contributed by atoms with E-state index in [2.05, 4.69) is 5.32 Å². The first kappa shape index (κ1) is 18.8. The van der Waals surface area contributed by atoms with Gasteiger partial charge in [-0.15, -0.1) is 0 Å². The molecule has 0 aromatic heterocycles. The zero-order valence-corrected chi connectivity index (χ0v) is 14.1. The van der Waals surface area contributed by atoms with Gasteiger partial charge in [0.2, 0.25) is 0 Å². The zero-order valence-electron chi connectivity index (χ0n) is 14.1. The van der Waals surface area contributed by atoms with Gasteiger partial charge in [-0.25, -0.2) is 4.79 Å². The largest absolute Gasteiger partial charge is 0.452 e. The van der Waals surface area contributed by atoms with E-state index >= 15 is 0 Å². The summed E-state index contributed by atoms with van der Waals surface area (Å²) in [5.74, 6) is -1.71. The number of aryl methyl sites for hydroxylation is 1. The minimum Gasteiger partial charge on any atom is -0.452 e. The van der Waals surface area contributed by atoms with Gasteiger partial charge in [-0.3, -0.25) is 19.7 Å². The monoisotopic (exact) mass is 356 g/mol. The number of para-hydroxylation sites is 1. The highest BCUT2D eigenvalue weighted by atomic mass is 16.6. The molecule has 8 heteroatoms. The second-order valence-corrected chi connectivity index (χ2v) is 5.48. The fourth-order valence-electron chi connectivity index (χ4n) is 2.23. The third kappa shape index (κ3) is 4.50. The Morgan fingerprint density at radius 3 is 2.50 bits per heavy atom. The highest BCUT2D eigenvalue weighted by Crippen LogP contribution is 2.20. The molecule has 0 aliphatic heterocycles. The van der Waals surface area contributed by atoms with Crippen LogP contribution in [0.5, 0.6) is 0 Å². The molecule has 2 aromatic rings. The first-order chi connectivity index (χ1) is 12.3. The molecule has 1 N–H and O–H groups in total. The number of benzene rings is 2. The maximum atomic E-state index is 12.0. The summed E-state index contributed by atoms with van der Waals surface area (Å²) in [6, 6.07) is 10.3. The van der Waals surface area contributed by atoms with Crippen molar-refractivity contribution < 1.29 is 24.0 Å². The van der Waals surface area contributed by atoms with Gasteiger partial charge < -0.3 is 10.1 Å². The number of nitrogens with zero attached hydrogens (tertiary/aromatic N) is 1. The molecule has 0 bridgehead atoms. The van der Waals surface area contributed by atoms with Crippen molar-refractivity contribution in [1.82, 2.24) is 0 Å². The Kier molecular flexibility index (Phi) is 5.79. The van der Waals surface area contributed by atoms with Crippen LogP contribution >= 0.6 is 0 Å². The van der Waals surface area contributed by atoms with Gasteiger partial charge in [-0.05, 0) is 32.0 Å². The van der Waals surface area contributed by atoms with Crippen LogP contribution in [0.3, 0.4) is 0 Å². The predicted molar refractivity (Wildman–Crippen MR) is 93.2 cm³/mol. The molecular weight excluding hydrogens is 340 g/mol. The van der Waals surface area contributed by atoms with Crippen LogP contribution in [0.2, 0.25) is 0 Å². The molecule has 2 aromatic carbocycles. The number of ether oxygens (including phenoxy) is 1. The standard InChI is InChI=1S/C18H16N2O6/c1-11-7-8-13(9-16(11)20(24)25)18(23)26-10-17(22)19-15-6-4-3-5-14(15)12(2)21/h3-9H,10H2,1-2H3,(H,19,22). The molecule has 0 saturated heterocycles. The maximum Gasteiger partial charge on any atom is 0.338 e. The second kappa shape index (κ2) is 8.02. The molecule has 0 saturated carbocycles. The highest BCUT2D eigenvalue weighted by molar-refractivity contribution is 6.04. The van der Waals surface area contributed by atoms with Crippen molar-refractivity contribution in [3.8, 4) is 0 Å². The lowest BCUT2D eigenvalue weighted by Gasteiger charge is -2.09. The molecule has 0 fully saturated rings. The Labute approximate surface area is 148 Å². The molecule has 8 nitrogen and oxygen atoms in total. The van der Waals surface area contributed by atoms with Crippen molar-refractivity contribution in [3.05, 3.63) is 69.3 Å². The van der Waals surface area contributed by atoms with Crippen LogP contribution in [0.4, 0.5) is 11.4 Å². The van der Waals surface area contributed by atoms with E-state index in [1.165, 1.54) is 19.1 Å². The summed E-state index contributed by atoms with van der Waals surface area (Å²) in [7, 11) is 0. The van der Waals surface area contributed by atoms with Crippen LogP contribution < -0.4 is 5.32 Å². The molecule has 0 spiro atoms. The number of carbonyl (C=O) groups is 3. The van der Waals surface area contributed by atoms with Gasteiger partial charge in [0.25, 0.3) is 11.6 Å². The molecule has 2 rings (SSSR count). The van der Waals surface area contributed by atoms with Gasteiger partial charge in [0.05, 0.1) is 16.2 Å². The van der Waals surface area contributed by atoms with Crippen molar-refractivity contribution in [2.45, 2.75) is 13.8 Å². The number of rotatable bonds is 6. The lowest BCUT2D eigenvalue weighted by molar-refractivity contribution is -0.385. The second-order valence-electron chi connectivity index (χ2n) is 5.48. The van der Waals surface area contributed by atoms with E-state index in [4.69, 9.17) is 4.74 Å². The van der Waals surface area contributed by atoms with Crippen molar-refractivity contribution >= 4 is 29.0 Å². The normalized spacial score (nSPS) is 10.1. The zero-order chi connectivity index (χ0) is 19.3. The quantitative estimate of drug-likeness (QED) is 0.368. The predicted octanol–water partition coefficient (Wildman–Crippen LogP) is 2.90. The van der Waals surface area contributed by atoms with Gasteiger partial charge in [0.15, 0.2) is 12.4 Å². The number of nitro groups is 1. The number of nitrogens with one attached hydrogen (secondary N) is 1. The van der Waals surface area contributed by atoms with Crippen molar-refractivity contribution in [2.75, 3.05) is 11.9 Å². The number of ketones is 1. The molecule has 0 aliphatic carbocycles. The van der Waals surface area contributed by atoms with E-state index in [-0.39, 0.29) is 17.0 Å². The van der Waals surface area contributed by atoms with Gasteiger partial charge in [0, 0.05) is 17.2 Å². The van der Waals surface area contributed by atoms with Crippen LogP contribution in [0.1, 0.15) is 33.2 Å². The highest BCUT2D eigenvalue weighted by Gasteiger charge is 2.17. The molecule has 0 atom stereocenters. The lowest BCUT2D eigenvalue weighted by Crippen LogP contribution is -2.22. The average molecular weight is 356 g/mol. The fourth-order valence-corrected chi connectivity index (χ4v) is 2.23. The number of Topliss-reactive ketones (excluding diaryl/α,β-unsaturated/α-hetero) is 1. The van der Waals surface area contributed by atoms with Crippen LogP contribution in [0.15, 0.2) is 42.5 Å². The number of esters is 1. The summed E-state index contributed by atoms with van der Waals surface area (Å²) in [4.78, 5) is 45.8. The summed E-state index contributed by atoms with van der Waals surface area (Å²) in [6.45, 7) is 2.33. The number of hydrogen-bond acceptors (Lipinski definition) is 6. The Bertz CT molecular complexity index is 891. The Balaban J connectivity index is 2.02. The first-order valence-electron chi connectivity index (χ1n) is 7.61. The average Bonchev–Trinajstić information content (AvgIpc) is 2.60. The summed E-state index contributed by atoms with van der Waals surface area (Å²) >= 11 is 0. The van der Waals surface area contributed by atoms with Crippen molar-refractivity contribution in [3.63, 3.8) is 0 Å². The third-order valence-corrected chi connectivity index (χ3v) is 3.56. The fraction of sp³-hybridized carbons (Fsp3) is 0.167. The summed E-state index contributed by atoms with van der Waals surface area (Å²) in [6.07, 6.45) is 0. The van der Waals surface area contributed by atoms with Crippen molar-refractivity contribution in [1.29, 1.82) is 0 Å². The van der Waals surface area contributed by atoms with E-state index < -0.39 is 23.4 Å². The Morgan fingerprint density at radius 1 is 1.15 bits per heavy atom. The third-order valence-electron chi connectivity index (χ3n) is 3.56. The topological polar surface area (TPSA) is 116 Å². The van der Waals surface area contributed by atoms with Gasteiger partial charge in [-0.2, -0.15) is 0 Å². The molecule has 0 radical (unpaired) electrons. The smallest absolute Gasteiger partial charge is 0.338 e. The Morgan fingerprint density at radius 2 is 1.85 bits per heavy atom. The molecule has 26 heavy (non-hydrogen) atoms. The van der Waals surface area contributed by atoms with Crippen molar-refractivity contribution in [2.24, 2.45) is 0 Å². The van der Waals surface area contributed by atoms with Crippen LogP contribution in [-0.2, 0) is 9.53 Å². The van der Waals surface area contributed by atoms with Gasteiger partial charge in [-0.1, -0.05) is 18.2 Å². The van der Waals surface area contributed by atoms with E-state index in [9.17, 15) is 24.5 Å². The maximum absolute atomic E-state index is 12.0. The number of carbonyl (C=O) groups excluding carboxylic acids is 3. The number of anilines is 1. The van der Waals surface area contributed by atoms with Gasteiger partial charge in [0.1, 0.15) is 0 Å². The minimum atomic E-state index is -0.858. The van der Waals surface area contributed by atoms with Crippen LogP contribution in [0, 0.1) is 17.0 Å². The van der Waals surface area contributed by atoms with E-state index in [0.29, 0.717) is 16.8 Å². The summed E-state index contributed by atoms with van der Waals surface area (Å²) in [5.41, 5.74) is 0.817. The summed E-state index contributed by atoms with van der Waals surface area (Å²) in [5, 5.41) is 13.4. The molecule has 0 unspecified atom stereocenters. The molecule has 0 aliphatic rings. The number of hydrogen-bond donors (Lipinski definition) is 1. The van der Waals surface area contributed by atoms with Crippen LogP contribution in [-0.4, -0.2) is 29.2 Å². The van der Waals surface area contributed by atoms with Crippen LogP contribution in [0.25, 0.3) is 0 Å². The molecule has 1 amide bonds. The minimum absolute atomic E-state index is 0.0285. The SMILES string of the molecule is CC(=O)c1ccccc1NC(=O)COC(=O)c1ccc(C)c([N+](=O)[O-])c1. The van der Waals surface area contributed by atoms with Gasteiger partial charge >= 0.3 is 5.97 Å². The first-order valence-corrected chi connectivity index (χ1v) is 7.61. The molecule has 134 valence electrons. The summed E-state index contributed by atoms with van der Waals surface area (Å²) < 4.78 is 4.88. The molecular formula is C18H16N2O6. The van der Waals surface area contributed by atoms with E-state index in [0.717, 1.165) is 6.07 Å². The van der Waals surface area contributed by atoms with E-state index in [1.807, 2.05) is 0 Å². The Hall–Kier alpha value is -3.55. The van der Waals surface area contributed by atoms with E-state index in [1.54, 1.807) is 31.2 Å². The number of amides is 1.